The van der Waals surface area contributed by atoms with Crippen LogP contribution in [0.5, 0.6) is 0 Å². The van der Waals surface area contributed by atoms with Gasteiger partial charge in [-0.1, -0.05) is 6.07 Å². The number of nitriles is 1. The van der Waals surface area contributed by atoms with E-state index in [1.54, 1.807) is 0 Å². The molecule has 18 heavy (non-hydrogen) atoms. The molecule has 0 saturated carbocycles. The highest BCUT2D eigenvalue weighted by molar-refractivity contribution is 5.51. The molecule has 0 radical (unpaired) electrons. The molecule has 1 aromatic carbocycles. The van der Waals surface area contributed by atoms with E-state index in [4.69, 9.17) is 11.2 Å². The van der Waals surface area contributed by atoms with Gasteiger partial charge in [-0.2, -0.15) is 5.26 Å². The van der Waals surface area contributed by atoms with Crippen molar-refractivity contribution >= 4 is 5.69 Å². The lowest BCUT2D eigenvalue weighted by atomic mass is 9.93. The summed E-state index contributed by atoms with van der Waals surface area (Å²) in [4.78, 5) is 6.98. The van der Waals surface area contributed by atoms with Gasteiger partial charge in [-0.3, -0.25) is 0 Å². The summed E-state index contributed by atoms with van der Waals surface area (Å²) in [6.07, 6.45) is 3.38. The Morgan fingerprint density at radius 1 is 1.39 bits per heavy atom. The summed E-state index contributed by atoms with van der Waals surface area (Å²) in [5.74, 6) is 5.77. The number of hydrogen-bond acceptors (Lipinski definition) is 4. The number of hydrogen-bond donors (Lipinski definition) is 1. The molecular formula is C14H19N3O. The molecule has 4 heteroatoms. The zero-order valence-electron chi connectivity index (χ0n) is 10.5. The fraction of sp³-hybridized carbons (Fsp3) is 0.500. The van der Waals surface area contributed by atoms with Gasteiger partial charge in [-0.25, -0.2) is 5.90 Å². The number of rotatable bonds is 4. The highest BCUT2D eigenvalue weighted by Crippen LogP contribution is 2.25. The van der Waals surface area contributed by atoms with Crippen LogP contribution in [-0.4, -0.2) is 19.7 Å². The van der Waals surface area contributed by atoms with Crippen molar-refractivity contribution in [2.24, 2.45) is 11.8 Å². The van der Waals surface area contributed by atoms with Gasteiger partial charge in [0, 0.05) is 18.8 Å². The molecule has 2 rings (SSSR count). The minimum Gasteiger partial charge on any atom is -0.371 e. The summed E-state index contributed by atoms with van der Waals surface area (Å²) in [7, 11) is 0. The van der Waals surface area contributed by atoms with Crippen LogP contribution < -0.4 is 10.8 Å². The van der Waals surface area contributed by atoms with Gasteiger partial charge in [0.15, 0.2) is 0 Å². The molecule has 2 N–H and O–H groups in total. The Kier molecular flexibility index (Phi) is 4.57. The lowest BCUT2D eigenvalue weighted by Gasteiger charge is -2.33. The monoisotopic (exact) mass is 245 g/mol. The summed E-state index contributed by atoms with van der Waals surface area (Å²) in [6, 6.07) is 10.0. The molecule has 0 amide bonds. The predicted octanol–water partition coefficient (Wildman–Crippen LogP) is 2.06. The van der Waals surface area contributed by atoms with Crippen LogP contribution >= 0.6 is 0 Å². The molecule has 0 bridgehead atoms. The third kappa shape index (κ3) is 3.22. The van der Waals surface area contributed by atoms with Crippen molar-refractivity contribution in [3.63, 3.8) is 0 Å². The summed E-state index contributed by atoms with van der Waals surface area (Å²) in [6.45, 7) is 2.74. The molecule has 0 aromatic heterocycles. The first-order valence-corrected chi connectivity index (χ1v) is 6.40. The Bertz CT molecular complexity index is 419. The summed E-state index contributed by atoms with van der Waals surface area (Å²) < 4.78 is 0. The Hall–Kier alpha value is -1.57. The van der Waals surface area contributed by atoms with Crippen LogP contribution in [0.3, 0.4) is 0 Å². The molecule has 1 fully saturated rings. The molecule has 1 aliphatic rings. The first kappa shape index (κ1) is 12.9. The predicted molar refractivity (Wildman–Crippen MR) is 70.9 cm³/mol. The van der Waals surface area contributed by atoms with Crippen LogP contribution in [0.1, 0.15) is 24.8 Å². The number of anilines is 1. The SMILES string of the molecule is N#Cc1cccc(N2CCC(CCON)CC2)c1. The third-order valence-corrected chi connectivity index (χ3v) is 3.60. The van der Waals surface area contributed by atoms with E-state index in [-0.39, 0.29) is 0 Å². The van der Waals surface area contributed by atoms with Gasteiger partial charge < -0.3 is 9.74 Å². The van der Waals surface area contributed by atoms with Crippen molar-refractivity contribution in [1.29, 1.82) is 5.26 Å². The smallest absolute Gasteiger partial charge is 0.0992 e. The lowest BCUT2D eigenvalue weighted by molar-refractivity contribution is 0.118. The van der Waals surface area contributed by atoms with E-state index >= 15 is 0 Å². The van der Waals surface area contributed by atoms with Crippen LogP contribution in [0.2, 0.25) is 0 Å². The van der Waals surface area contributed by atoms with Crippen molar-refractivity contribution in [1.82, 2.24) is 0 Å². The van der Waals surface area contributed by atoms with Gasteiger partial charge in [-0.05, 0) is 43.4 Å². The minimum absolute atomic E-state index is 0.647. The zero-order chi connectivity index (χ0) is 12.8. The summed E-state index contributed by atoms with van der Waals surface area (Å²) in [5.41, 5.74) is 1.88. The zero-order valence-corrected chi connectivity index (χ0v) is 10.5. The first-order valence-electron chi connectivity index (χ1n) is 6.40. The quantitative estimate of drug-likeness (QED) is 0.825. The maximum atomic E-state index is 8.91. The minimum atomic E-state index is 0.647. The number of piperidine rings is 1. The van der Waals surface area contributed by atoms with Crippen LogP contribution in [0.15, 0.2) is 24.3 Å². The maximum Gasteiger partial charge on any atom is 0.0992 e. The van der Waals surface area contributed by atoms with Gasteiger partial charge in [-0.15, -0.1) is 0 Å². The third-order valence-electron chi connectivity index (χ3n) is 3.60. The second-order valence-electron chi connectivity index (χ2n) is 4.75. The highest BCUT2D eigenvalue weighted by atomic mass is 16.6. The van der Waals surface area contributed by atoms with Crippen LogP contribution in [0.4, 0.5) is 5.69 Å². The molecule has 0 atom stereocenters. The second kappa shape index (κ2) is 6.39. The molecule has 96 valence electrons. The second-order valence-corrected chi connectivity index (χ2v) is 4.75. The highest BCUT2D eigenvalue weighted by Gasteiger charge is 2.19. The van der Waals surface area contributed by atoms with Crippen molar-refractivity contribution in [3.05, 3.63) is 29.8 Å². The van der Waals surface area contributed by atoms with E-state index in [2.05, 4.69) is 21.9 Å². The van der Waals surface area contributed by atoms with E-state index < -0.39 is 0 Å². The number of benzene rings is 1. The average Bonchev–Trinajstić information content (AvgIpc) is 2.46. The van der Waals surface area contributed by atoms with Gasteiger partial charge >= 0.3 is 0 Å². The molecule has 1 saturated heterocycles. The van der Waals surface area contributed by atoms with Gasteiger partial charge in [0.05, 0.1) is 18.2 Å². The van der Waals surface area contributed by atoms with Gasteiger partial charge in [0.1, 0.15) is 0 Å². The van der Waals surface area contributed by atoms with E-state index in [1.807, 2.05) is 18.2 Å². The van der Waals surface area contributed by atoms with Crippen LogP contribution in [0, 0.1) is 17.2 Å². The van der Waals surface area contributed by atoms with Crippen LogP contribution in [-0.2, 0) is 4.84 Å². The molecule has 1 aromatic rings. The average molecular weight is 245 g/mol. The molecule has 0 aliphatic carbocycles. The van der Waals surface area contributed by atoms with Gasteiger partial charge in [0.2, 0.25) is 0 Å². The van der Waals surface area contributed by atoms with E-state index in [0.29, 0.717) is 12.5 Å². The molecule has 0 unspecified atom stereocenters. The normalized spacial score (nSPS) is 16.6. The maximum absolute atomic E-state index is 8.91. The first-order chi connectivity index (χ1) is 8.83. The van der Waals surface area contributed by atoms with Crippen molar-refractivity contribution in [3.8, 4) is 6.07 Å². The van der Waals surface area contributed by atoms with Crippen molar-refractivity contribution < 1.29 is 4.84 Å². The summed E-state index contributed by atoms with van der Waals surface area (Å²) >= 11 is 0. The number of nitrogens with two attached hydrogens (primary N) is 1. The fourth-order valence-electron chi connectivity index (χ4n) is 2.49. The molecule has 1 aliphatic heterocycles. The fourth-order valence-corrected chi connectivity index (χ4v) is 2.49. The molecular weight excluding hydrogens is 226 g/mol. The Balaban J connectivity index is 1.91. The summed E-state index contributed by atoms with van der Waals surface area (Å²) in [5, 5.41) is 8.91. The van der Waals surface area contributed by atoms with E-state index in [0.717, 1.165) is 30.8 Å². The Morgan fingerprint density at radius 3 is 2.83 bits per heavy atom. The lowest BCUT2D eigenvalue weighted by Crippen LogP contribution is -2.34. The van der Waals surface area contributed by atoms with Crippen molar-refractivity contribution in [2.45, 2.75) is 19.3 Å². The van der Waals surface area contributed by atoms with E-state index in [9.17, 15) is 0 Å². The molecule has 4 nitrogen and oxygen atoms in total. The van der Waals surface area contributed by atoms with E-state index in [1.165, 1.54) is 12.8 Å². The Labute approximate surface area is 108 Å². The number of nitrogens with zero attached hydrogens (tertiary/aromatic N) is 2. The largest absolute Gasteiger partial charge is 0.371 e. The Morgan fingerprint density at radius 2 is 2.17 bits per heavy atom. The van der Waals surface area contributed by atoms with Crippen molar-refractivity contribution in [2.75, 3.05) is 24.6 Å². The molecule has 0 spiro atoms. The standard InChI is InChI=1S/C14H19N3O/c15-11-13-2-1-3-14(10-13)17-7-4-12(5-8-17)6-9-18-16/h1-3,10,12H,4-9,16H2. The topological polar surface area (TPSA) is 62.3 Å². The molecule has 1 heterocycles. The van der Waals surface area contributed by atoms with Gasteiger partial charge in [0.25, 0.3) is 0 Å². The van der Waals surface area contributed by atoms with Crippen LogP contribution in [0.25, 0.3) is 0 Å².